The Hall–Kier alpha value is -2.94. The molecule has 5 heterocycles. The molecule has 9 heteroatoms. The van der Waals surface area contributed by atoms with Crippen LogP contribution in [-0.2, 0) is 20.4 Å². The standard InChI is InChI=1S/C22H22F2N4O3/c1-20(10-29-11-20)13-2-3-16-14(6-13)22(12-30-19(25)27-22)15-7-18(26-8-17(15)31-16)28-5-4-21(23,24)9-28/h2-3,6-8H,4-5,9-12H2,1H3,(H2,25,27)/t22-/m0/s1. The summed E-state index contributed by atoms with van der Waals surface area (Å²) in [6, 6.07) is 7.92. The van der Waals surface area contributed by atoms with Gasteiger partial charge in [0.05, 0.1) is 26.0 Å². The lowest BCUT2D eigenvalue weighted by molar-refractivity contribution is -0.0500. The minimum absolute atomic E-state index is 0.0737. The van der Waals surface area contributed by atoms with Crippen molar-refractivity contribution in [2.24, 2.45) is 10.7 Å². The molecule has 1 aromatic carbocycles. The first-order valence-corrected chi connectivity index (χ1v) is 10.3. The summed E-state index contributed by atoms with van der Waals surface area (Å²) in [4.78, 5) is 10.7. The van der Waals surface area contributed by atoms with Crippen molar-refractivity contribution in [1.82, 2.24) is 4.98 Å². The summed E-state index contributed by atoms with van der Waals surface area (Å²) in [6.07, 6.45) is 1.39. The number of nitrogens with two attached hydrogens (primary N) is 1. The Morgan fingerprint density at radius 1 is 1.10 bits per heavy atom. The second-order valence-corrected chi connectivity index (χ2v) is 9.03. The van der Waals surface area contributed by atoms with Gasteiger partial charge in [0.1, 0.15) is 18.2 Å². The molecule has 4 aliphatic rings. The third-order valence-electron chi connectivity index (χ3n) is 6.71. The Kier molecular flexibility index (Phi) is 3.68. The second kappa shape index (κ2) is 6.06. The number of pyridine rings is 1. The smallest absolute Gasteiger partial charge is 0.283 e. The Balaban J connectivity index is 1.49. The Labute approximate surface area is 177 Å². The van der Waals surface area contributed by atoms with Crippen molar-refractivity contribution in [3.05, 3.63) is 47.2 Å². The molecular weight excluding hydrogens is 406 g/mol. The van der Waals surface area contributed by atoms with Crippen molar-refractivity contribution in [3.8, 4) is 11.5 Å². The number of benzene rings is 1. The first kappa shape index (κ1) is 18.8. The van der Waals surface area contributed by atoms with E-state index in [1.54, 1.807) is 17.2 Å². The topological polar surface area (TPSA) is 82.2 Å². The number of alkyl halides is 2. The van der Waals surface area contributed by atoms with Gasteiger partial charge in [-0.05, 0) is 23.8 Å². The maximum atomic E-state index is 13.8. The summed E-state index contributed by atoms with van der Waals surface area (Å²) in [5, 5.41) is 0. The molecule has 1 aromatic heterocycles. The minimum Gasteiger partial charge on any atom is -0.462 e. The van der Waals surface area contributed by atoms with E-state index in [2.05, 4.69) is 18.0 Å². The molecule has 2 fully saturated rings. The van der Waals surface area contributed by atoms with Gasteiger partial charge in [-0.2, -0.15) is 0 Å². The van der Waals surface area contributed by atoms with E-state index >= 15 is 0 Å². The Morgan fingerprint density at radius 2 is 1.90 bits per heavy atom. The molecule has 7 nitrogen and oxygen atoms in total. The highest BCUT2D eigenvalue weighted by atomic mass is 19.3. The van der Waals surface area contributed by atoms with Gasteiger partial charge < -0.3 is 24.8 Å². The normalized spacial score (nSPS) is 27.1. The van der Waals surface area contributed by atoms with Crippen molar-refractivity contribution in [3.63, 3.8) is 0 Å². The van der Waals surface area contributed by atoms with Gasteiger partial charge in [0, 0.05) is 29.5 Å². The van der Waals surface area contributed by atoms with E-state index in [9.17, 15) is 8.78 Å². The summed E-state index contributed by atoms with van der Waals surface area (Å²) in [6.45, 7) is 3.55. The fraction of sp³-hybridized carbons (Fsp3) is 0.455. The highest BCUT2D eigenvalue weighted by molar-refractivity contribution is 5.77. The van der Waals surface area contributed by atoms with Crippen molar-refractivity contribution in [2.75, 3.05) is 37.8 Å². The zero-order valence-electron chi connectivity index (χ0n) is 17.0. The van der Waals surface area contributed by atoms with Gasteiger partial charge in [-0.1, -0.05) is 13.0 Å². The summed E-state index contributed by atoms with van der Waals surface area (Å²) in [7, 11) is 0. The lowest BCUT2D eigenvalue weighted by Gasteiger charge is -2.40. The van der Waals surface area contributed by atoms with E-state index in [0.29, 0.717) is 36.1 Å². The van der Waals surface area contributed by atoms with Crippen LogP contribution in [0.4, 0.5) is 14.6 Å². The third-order valence-corrected chi connectivity index (χ3v) is 6.71. The number of anilines is 1. The maximum absolute atomic E-state index is 13.8. The Morgan fingerprint density at radius 3 is 2.55 bits per heavy atom. The van der Waals surface area contributed by atoms with Crippen LogP contribution in [-0.4, -0.2) is 49.8 Å². The molecule has 2 saturated heterocycles. The summed E-state index contributed by atoms with van der Waals surface area (Å²) in [5.74, 6) is -1.06. The number of aromatic nitrogens is 1. The van der Waals surface area contributed by atoms with Crippen LogP contribution in [0.2, 0.25) is 0 Å². The van der Waals surface area contributed by atoms with Crippen LogP contribution < -0.4 is 15.4 Å². The van der Waals surface area contributed by atoms with Crippen molar-refractivity contribution in [1.29, 1.82) is 0 Å². The lowest BCUT2D eigenvalue weighted by Crippen LogP contribution is -2.44. The number of hydrogen-bond donors (Lipinski definition) is 1. The van der Waals surface area contributed by atoms with Gasteiger partial charge >= 0.3 is 0 Å². The number of halogens is 2. The van der Waals surface area contributed by atoms with Crippen LogP contribution in [0, 0.1) is 0 Å². The number of hydrogen-bond acceptors (Lipinski definition) is 7. The van der Waals surface area contributed by atoms with Crippen molar-refractivity contribution >= 4 is 11.8 Å². The minimum atomic E-state index is -2.72. The predicted octanol–water partition coefficient (Wildman–Crippen LogP) is 2.91. The lowest BCUT2D eigenvalue weighted by atomic mass is 9.76. The molecule has 4 aliphatic heterocycles. The predicted molar refractivity (Wildman–Crippen MR) is 109 cm³/mol. The highest BCUT2D eigenvalue weighted by Crippen LogP contribution is 2.52. The molecule has 1 spiro atoms. The largest absolute Gasteiger partial charge is 0.462 e. The van der Waals surface area contributed by atoms with Gasteiger partial charge in [-0.3, -0.25) is 0 Å². The fourth-order valence-electron chi connectivity index (χ4n) is 4.80. The zero-order chi connectivity index (χ0) is 21.4. The van der Waals surface area contributed by atoms with Crippen LogP contribution in [0.15, 0.2) is 35.5 Å². The first-order chi connectivity index (χ1) is 14.8. The molecule has 31 heavy (non-hydrogen) atoms. The summed E-state index contributed by atoms with van der Waals surface area (Å²) < 4.78 is 44.8. The average molecular weight is 428 g/mol. The number of aliphatic imine (C=N–C) groups is 1. The number of fused-ring (bicyclic) bond motifs is 4. The van der Waals surface area contributed by atoms with E-state index in [1.807, 2.05) is 12.1 Å². The van der Waals surface area contributed by atoms with Crippen molar-refractivity contribution in [2.45, 2.75) is 30.2 Å². The molecule has 0 bridgehead atoms. The zero-order valence-corrected chi connectivity index (χ0v) is 17.0. The van der Waals surface area contributed by atoms with Crippen molar-refractivity contribution < 1.29 is 23.0 Å². The van der Waals surface area contributed by atoms with Gasteiger partial charge in [0.2, 0.25) is 0 Å². The summed E-state index contributed by atoms with van der Waals surface area (Å²) in [5.41, 5.74) is 7.65. The number of amidine groups is 1. The van der Waals surface area contributed by atoms with Crippen LogP contribution in [0.1, 0.15) is 30.0 Å². The fourth-order valence-corrected chi connectivity index (χ4v) is 4.80. The molecule has 0 amide bonds. The highest BCUT2D eigenvalue weighted by Gasteiger charge is 2.49. The Bertz CT molecular complexity index is 1120. The van der Waals surface area contributed by atoms with Crippen LogP contribution in [0.5, 0.6) is 11.5 Å². The first-order valence-electron chi connectivity index (χ1n) is 10.3. The second-order valence-electron chi connectivity index (χ2n) is 9.03. The summed E-state index contributed by atoms with van der Waals surface area (Å²) >= 11 is 0. The quantitative estimate of drug-likeness (QED) is 0.792. The SMILES string of the molecule is CC1(c2ccc3c(c2)[C@@]2(COC(N)=N2)c2cc(N4CCC(F)(F)C4)ncc2O3)COC1. The van der Waals surface area contributed by atoms with E-state index in [-0.39, 0.29) is 37.6 Å². The third kappa shape index (κ3) is 2.72. The monoisotopic (exact) mass is 428 g/mol. The molecular formula is C22H22F2N4O3. The molecule has 6 rings (SSSR count). The molecule has 0 radical (unpaired) electrons. The average Bonchev–Trinajstić information content (AvgIpc) is 3.29. The van der Waals surface area contributed by atoms with E-state index < -0.39 is 11.5 Å². The molecule has 0 saturated carbocycles. The van der Waals surface area contributed by atoms with E-state index in [4.69, 9.17) is 24.9 Å². The van der Waals surface area contributed by atoms with Gasteiger partial charge in [0.15, 0.2) is 11.3 Å². The van der Waals surface area contributed by atoms with Crippen LogP contribution in [0.3, 0.4) is 0 Å². The van der Waals surface area contributed by atoms with Crippen LogP contribution >= 0.6 is 0 Å². The molecule has 0 aliphatic carbocycles. The number of nitrogens with zero attached hydrogens (tertiary/aromatic N) is 3. The van der Waals surface area contributed by atoms with Gasteiger partial charge in [-0.25, -0.2) is 18.8 Å². The molecule has 1 atom stereocenters. The molecule has 2 N–H and O–H groups in total. The van der Waals surface area contributed by atoms with Crippen LogP contribution in [0.25, 0.3) is 0 Å². The molecule has 0 unspecified atom stereocenters. The van der Waals surface area contributed by atoms with Gasteiger partial charge in [0.25, 0.3) is 11.9 Å². The molecule has 2 aromatic rings. The van der Waals surface area contributed by atoms with Gasteiger partial charge in [-0.15, -0.1) is 0 Å². The van der Waals surface area contributed by atoms with E-state index in [0.717, 1.165) is 11.1 Å². The number of ether oxygens (including phenoxy) is 3. The molecule has 162 valence electrons. The number of rotatable bonds is 2. The maximum Gasteiger partial charge on any atom is 0.283 e. The van der Waals surface area contributed by atoms with E-state index in [1.165, 1.54) is 0 Å².